The zero-order chi connectivity index (χ0) is 32.6. The molecule has 2 aromatic rings. The number of nitrogens with one attached hydrogen (secondary N) is 1. The number of anilines is 3. The van der Waals surface area contributed by atoms with Gasteiger partial charge in [0, 0.05) is 62.4 Å². The Balaban J connectivity index is 0.00000259. The SMILES string of the molecule is CC.CCN1CCN(c2cc(OC(F)(F)F)cc(C(=O)Nc3ccc(C)c(N(N)/C=C(\N)C4=C=C(C)N(C)N=C4)c3)c2)CC1. The first-order valence-corrected chi connectivity index (χ1v) is 14.4. The van der Waals surface area contributed by atoms with E-state index in [1.54, 1.807) is 42.5 Å². The number of ether oxygens (including phenoxy) is 1. The van der Waals surface area contributed by atoms with Gasteiger partial charge in [-0.2, -0.15) is 5.10 Å². The van der Waals surface area contributed by atoms with Gasteiger partial charge >= 0.3 is 6.36 Å². The monoisotopic (exact) mass is 614 g/mol. The maximum atomic E-state index is 13.3. The van der Waals surface area contributed by atoms with Crippen molar-refractivity contribution in [3.63, 3.8) is 0 Å². The van der Waals surface area contributed by atoms with Crippen LogP contribution >= 0.6 is 0 Å². The third-order valence-electron chi connectivity index (χ3n) is 7.07. The minimum Gasteiger partial charge on any atom is -0.406 e. The number of carbonyl (C=O) groups is 1. The third kappa shape index (κ3) is 9.03. The number of allylic oxidation sites excluding steroid dienone is 1. The van der Waals surface area contributed by atoms with Crippen LogP contribution in [0.1, 0.15) is 43.6 Å². The topological polar surface area (TPSA) is 116 Å². The highest BCUT2D eigenvalue weighted by Gasteiger charge is 2.32. The van der Waals surface area contributed by atoms with Crippen LogP contribution in [0.4, 0.5) is 30.2 Å². The smallest absolute Gasteiger partial charge is 0.406 e. The summed E-state index contributed by atoms with van der Waals surface area (Å²) in [7, 11) is 1.79. The Morgan fingerprint density at radius 3 is 2.43 bits per heavy atom. The van der Waals surface area contributed by atoms with Crippen molar-refractivity contribution in [1.29, 1.82) is 0 Å². The van der Waals surface area contributed by atoms with Gasteiger partial charge in [-0.15, -0.1) is 13.2 Å². The predicted molar refractivity (Wildman–Crippen MR) is 169 cm³/mol. The number of nitrogens with zero attached hydrogens (tertiary/aromatic N) is 5. The zero-order valence-corrected chi connectivity index (χ0v) is 26.0. The third-order valence-corrected chi connectivity index (χ3v) is 7.07. The lowest BCUT2D eigenvalue weighted by Crippen LogP contribution is -2.46. The fraction of sp³-hybridized carbons (Fsp3) is 0.387. The van der Waals surface area contributed by atoms with Crippen molar-refractivity contribution in [2.75, 3.05) is 55.0 Å². The van der Waals surface area contributed by atoms with Crippen molar-refractivity contribution in [3.05, 3.63) is 76.4 Å². The lowest BCUT2D eigenvalue weighted by Gasteiger charge is -2.35. The number of piperazine rings is 1. The minimum atomic E-state index is -4.90. The van der Waals surface area contributed by atoms with E-state index < -0.39 is 18.0 Å². The van der Waals surface area contributed by atoms with Crippen LogP contribution in [0, 0.1) is 6.92 Å². The van der Waals surface area contributed by atoms with Crippen LogP contribution in [0.25, 0.3) is 0 Å². The lowest BCUT2D eigenvalue weighted by molar-refractivity contribution is -0.274. The highest BCUT2D eigenvalue weighted by Crippen LogP contribution is 2.31. The number of likely N-dealkylation sites (N-methyl/N-ethyl adjacent to an activating group) is 1. The highest BCUT2D eigenvalue weighted by molar-refractivity contribution is 6.05. The summed E-state index contributed by atoms with van der Waals surface area (Å²) in [6.45, 7) is 13.4. The van der Waals surface area contributed by atoms with E-state index in [1.807, 2.05) is 32.6 Å². The molecule has 2 aliphatic rings. The first kappa shape index (κ1) is 34.0. The van der Waals surface area contributed by atoms with Gasteiger partial charge in [-0.05, 0) is 50.2 Å². The van der Waals surface area contributed by atoms with Gasteiger partial charge in [-0.25, -0.2) is 5.84 Å². The fourth-order valence-electron chi connectivity index (χ4n) is 4.56. The standard InChI is InChI=1S/C29H35F3N8O2.C2H6/c1-5-38-8-10-39(11-9-38)24-13-21(14-25(16-24)42-29(30,31)32)28(41)36-23-7-6-19(2)27(15-23)40(34)18-26(33)22-12-20(3)37(4)35-17-22;1-2/h6-7,13-18H,5,8-11,33-34H2,1-4H3,(H,36,41);1-2H3/b26-18-;. The summed E-state index contributed by atoms with van der Waals surface area (Å²) in [5.74, 6) is 5.25. The van der Waals surface area contributed by atoms with Crippen molar-refractivity contribution < 1.29 is 22.7 Å². The van der Waals surface area contributed by atoms with E-state index in [2.05, 4.69) is 32.7 Å². The number of alkyl halides is 3. The number of rotatable bonds is 8. The summed E-state index contributed by atoms with van der Waals surface area (Å²) >= 11 is 0. The number of hydrazone groups is 1. The molecule has 1 fully saturated rings. The second-order valence-corrected chi connectivity index (χ2v) is 10.0. The van der Waals surface area contributed by atoms with Crippen LogP contribution in [-0.4, -0.2) is 68.2 Å². The minimum absolute atomic E-state index is 0.0242. The van der Waals surface area contributed by atoms with Crippen molar-refractivity contribution in [3.8, 4) is 5.75 Å². The number of hydrogen-bond donors (Lipinski definition) is 3. The molecule has 0 spiro atoms. The van der Waals surface area contributed by atoms with Crippen LogP contribution in [0.15, 0.2) is 70.4 Å². The molecule has 4 rings (SSSR count). The Kier molecular flexibility index (Phi) is 11.5. The molecule has 0 atom stereocenters. The van der Waals surface area contributed by atoms with Crippen LogP contribution in [0.5, 0.6) is 5.75 Å². The van der Waals surface area contributed by atoms with Crippen LogP contribution in [-0.2, 0) is 0 Å². The highest BCUT2D eigenvalue weighted by atomic mass is 19.4. The Morgan fingerprint density at radius 2 is 1.82 bits per heavy atom. The van der Waals surface area contributed by atoms with E-state index in [0.29, 0.717) is 41.4 Å². The molecule has 1 saturated heterocycles. The van der Waals surface area contributed by atoms with Gasteiger partial charge in [0.15, 0.2) is 0 Å². The van der Waals surface area contributed by atoms with Crippen molar-refractivity contribution in [2.24, 2.45) is 16.7 Å². The molecule has 0 saturated carbocycles. The molecule has 44 heavy (non-hydrogen) atoms. The number of benzene rings is 2. The second-order valence-electron chi connectivity index (χ2n) is 10.0. The van der Waals surface area contributed by atoms with E-state index in [9.17, 15) is 18.0 Å². The average molecular weight is 615 g/mol. The largest absolute Gasteiger partial charge is 0.573 e. The summed E-state index contributed by atoms with van der Waals surface area (Å²) in [5.41, 5.74) is 13.3. The molecule has 10 nitrogen and oxygen atoms in total. The number of hydrazine groups is 1. The van der Waals surface area contributed by atoms with Crippen LogP contribution in [0.2, 0.25) is 0 Å². The van der Waals surface area contributed by atoms with Gasteiger partial charge in [-0.1, -0.05) is 32.6 Å². The summed E-state index contributed by atoms with van der Waals surface area (Å²) in [5, 5.41) is 9.97. The maximum Gasteiger partial charge on any atom is 0.573 e. The second kappa shape index (κ2) is 14.8. The number of halogens is 3. The lowest BCUT2D eigenvalue weighted by atomic mass is 10.1. The summed E-state index contributed by atoms with van der Waals surface area (Å²) < 4.78 is 43.5. The van der Waals surface area contributed by atoms with Gasteiger partial charge in [-0.3, -0.25) is 14.8 Å². The molecule has 2 heterocycles. The summed E-state index contributed by atoms with van der Waals surface area (Å²) in [6, 6.07) is 9.04. The average Bonchev–Trinajstić information content (AvgIpc) is 2.99. The molecular weight excluding hydrogens is 573 g/mol. The van der Waals surface area contributed by atoms with Gasteiger partial charge in [0.05, 0.1) is 28.9 Å². The van der Waals surface area contributed by atoms with Crippen molar-refractivity contribution in [1.82, 2.24) is 9.91 Å². The van der Waals surface area contributed by atoms with Gasteiger partial charge < -0.3 is 25.6 Å². The van der Waals surface area contributed by atoms with Crippen molar-refractivity contribution in [2.45, 2.75) is 41.0 Å². The molecule has 5 N–H and O–H groups in total. The normalized spacial score (nSPS) is 15.6. The van der Waals surface area contributed by atoms with Crippen LogP contribution in [0.3, 0.4) is 0 Å². The van der Waals surface area contributed by atoms with Crippen molar-refractivity contribution >= 4 is 29.2 Å². The molecule has 0 aliphatic carbocycles. The molecular formula is C31H41F3N8O2. The Morgan fingerprint density at radius 1 is 1.14 bits per heavy atom. The molecule has 0 aromatic heterocycles. The first-order valence-electron chi connectivity index (χ1n) is 14.4. The molecule has 1 amide bonds. The molecule has 0 unspecified atom stereocenters. The van der Waals surface area contributed by atoms with Gasteiger partial charge in [0.1, 0.15) is 5.75 Å². The summed E-state index contributed by atoms with van der Waals surface area (Å²) in [4.78, 5) is 17.5. The van der Waals surface area contributed by atoms with E-state index in [4.69, 9.17) is 11.6 Å². The number of aryl methyl sites for hydroxylation is 1. The number of carbonyl (C=O) groups excluding carboxylic acids is 1. The maximum absolute atomic E-state index is 13.3. The zero-order valence-electron chi connectivity index (χ0n) is 26.0. The predicted octanol–water partition coefficient (Wildman–Crippen LogP) is 5.15. The molecule has 0 radical (unpaired) electrons. The fourth-order valence-corrected chi connectivity index (χ4v) is 4.56. The molecule has 2 aromatic carbocycles. The Hall–Kier alpha value is -4.45. The number of hydrogen-bond acceptors (Lipinski definition) is 9. The molecule has 2 aliphatic heterocycles. The molecule has 13 heteroatoms. The number of nitrogens with two attached hydrogens (primary N) is 2. The van der Waals surface area contributed by atoms with E-state index in [1.165, 1.54) is 17.3 Å². The molecule has 0 bridgehead atoms. The van der Waals surface area contributed by atoms with Crippen LogP contribution < -0.4 is 31.5 Å². The quantitative estimate of drug-likeness (QED) is 0.212. The van der Waals surface area contributed by atoms with E-state index in [-0.39, 0.29) is 5.56 Å². The molecule has 238 valence electrons. The first-order chi connectivity index (χ1) is 20.8. The summed E-state index contributed by atoms with van der Waals surface area (Å²) in [6.07, 6.45) is -1.81. The Bertz CT molecular complexity index is 1460. The van der Waals surface area contributed by atoms with Gasteiger partial charge in [0.2, 0.25) is 0 Å². The van der Waals surface area contributed by atoms with E-state index in [0.717, 1.165) is 37.0 Å². The number of amides is 1. The Labute approximate surface area is 256 Å². The van der Waals surface area contributed by atoms with Gasteiger partial charge in [0.25, 0.3) is 5.91 Å². The van der Waals surface area contributed by atoms with E-state index >= 15 is 0 Å².